The Morgan fingerprint density at radius 2 is 1.94 bits per heavy atom. The molecule has 0 aliphatic rings. The predicted octanol–water partition coefficient (Wildman–Crippen LogP) is 2.29. The fourth-order valence-electron chi connectivity index (χ4n) is 3.15. The molecule has 1 amide bonds. The number of halogens is 2. The lowest BCUT2D eigenvalue weighted by Gasteiger charge is -2.08. The first-order chi connectivity index (χ1) is 15.2. The van der Waals surface area contributed by atoms with Gasteiger partial charge < -0.3 is 10.3 Å². The van der Waals surface area contributed by atoms with Gasteiger partial charge in [0.2, 0.25) is 5.56 Å². The number of hydrogen-bond acceptors (Lipinski definition) is 5. The quantitative estimate of drug-likeness (QED) is 0.463. The zero-order chi connectivity index (χ0) is 23.0. The normalized spacial score (nSPS) is 11.1. The van der Waals surface area contributed by atoms with E-state index in [1.54, 1.807) is 13.0 Å². The van der Waals surface area contributed by atoms with Crippen molar-refractivity contribution in [3.8, 4) is 0 Å². The van der Waals surface area contributed by atoms with Gasteiger partial charge in [0.15, 0.2) is 0 Å². The van der Waals surface area contributed by atoms with Gasteiger partial charge >= 0.3 is 5.69 Å². The first kappa shape index (κ1) is 21.7. The van der Waals surface area contributed by atoms with E-state index in [1.807, 2.05) is 0 Å². The van der Waals surface area contributed by atoms with E-state index in [-0.39, 0.29) is 28.5 Å². The van der Waals surface area contributed by atoms with Gasteiger partial charge in [-0.3, -0.25) is 23.4 Å². The van der Waals surface area contributed by atoms with Crippen molar-refractivity contribution in [1.29, 1.82) is 0 Å². The number of hydrogen-bond donors (Lipinski definition) is 2. The molecule has 4 aromatic rings. The summed E-state index contributed by atoms with van der Waals surface area (Å²) >= 11 is 6.83. The second-order valence-corrected chi connectivity index (χ2v) is 8.50. The lowest BCUT2D eigenvalue weighted by Crippen LogP contribution is -2.38. The van der Waals surface area contributed by atoms with E-state index in [0.29, 0.717) is 21.5 Å². The van der Waals surface area contributed by atoms with E-state index in [2.05, 4.69) is 10.3 Å². The molecule has 0 spiro atoms. The van der Waals surface area contributed by atoms with Crippen molar-refractivity contribution in [3.63, 3.8) is 0 Å². The summed E-state index contributed by atoms with van der Waals surface area (Å²) in [6.07, 6.45) is 2.88. The number of amides is 1. The minimum absolute atomic E-state index is 0.0922. The van der Waals surface area contributed by atoms with Crippen LogP contribution in [0, 0.1) is 12.7 Å². The Hall–Kier alpha value is -3.50. The molecule has 0 unspecified atom stereocenters. The smallest absolute Gasteiger partial charge is 0.336 e. The van der Waals surface area contributed by atoms with Gasteiger partial charge in [0.1, 0.15) is 15.5 Å². The molecule has 0 atom stereocenters. The molecule has 0 bridgehead atoms. The number of pyridine rings is 1. The molecule has 0 aliphatic carbocycles. The Bertz CT molecular complexity index is 1520. The highest BCUT2D eigenvalue weighted by Crippen LogP contribution is 2.19. The number of thiazole rings is 1. The second-order valence-electron chi connectivity index (χ2n) is 7.06. The highest BCUT2D eigenvalue weighted by Gasteiger charge is 2.18. The van der Waals surface area contributed by atoms with Crippen LogP contribution in [0.25, 0.3) is 4.83 Å². The molecule has 8 nitrogen and oxygen atoms in total. The summed E-state index contributed by atoms with van der Waals surface area (Å²) in [5.41, 5.74) is 0.130. The lowest BCUT2D eigenvalue weighted by atomic mass is 10.2. The van der Waals surface area contributed by atoms with E-state index in [9.17, 15) is 23.6 Å². The van der Waals surface area contributed by atoms with Gasteiger partial charge in [0.25, 0.3) is 11.5 Å². The number of aromatic nitrogens is 3. The number of aryl methyl sites for hydroxylation is 1. The summed E-state index contributed by atoms with van der Waals surface area (Å²) in [6.45, 7) is 1.66. The van der Waals surface area contributed by atoms with Crippen molar-refractivity contribution >= 4 is 33.7 Å². The summed E-state index contributed by atoms with van der Waals surface area (Å²) in [5.74, 6) is -1.02. The molecule has 3 aromatic heterocycles. The van der Waals surface area contributed by atoms with Gasteiger partial charge in [-0.2, -0.15) is 0 Å². The van der Waals surface area contributed by atoms with Crippen LogP contribution in [-0.4, -0.2) is 19.9 Å². The summed E-state index contributed by atoms with van der Waals surface area (Å²) < 4.78 is 15.7. The molecule has 0 fully saturated rings. The SMILES string of the molecule is Cc1c(=O)n(Cc2ccc(F)c(Cl)c2)c(=O)n2cc(C(=O)NCc3ccc(=O)[nH]c3)sc12. The van der Waals surface area contributed by atoms with Crippen molar-refractivity contribution < 1.29 is 9.18 Å². The standard InChI is InChI=1S/C21H16ClFN4O4S/c1-11-19(30)26(9-12-2-4-15(23)14(22)6-12)21(31)27-10-16(32-20(11)27)18(29)25-8-13-3-5-17(28)24-7-13/h2-7,10H,8-9H2,1H3,(H,24,28)(H,25,29). The van der Waals surface area contributed by atoms with E-state index in [1.165, 1.54) is 41.1 Å². The number of nitrogens with zero attached hydrogens (tertiary/aromatic N) is 2. The molecule has 0 radical (unpaired) electrons. The number of carbonyl (C=O) groups is 1. The molecule has 2 N–H and O–H groups in total. The predicted molar refractivity (Wildman–Crippen MR) is 119 cm³/mol. The number of H-pyrrole nitrogens is 1. The van der Waals surface area contributed by atoms with Crippen molar-refractivity contribution in [2.75, 3.05) is 0 Å². The first-order valence-corrected chi connectivity index (χ1v) is 10.6. The molecule has 3 heterocycles. The minimum atomic E-state index is -0.619. The molecule has 11 heteroatoms. The third kappa shape index (κ3) is 4.14. The summed E-state index contributed by atoms with van der Waals surface area (Å²) in [5, 5.41) is 2.61. The summed E-state index contributed by atoms with van der Waals surface area (Å²) in [4.78, 5) is 52.6. The maximum absolute atomic E-state index is 13.4. The van der Waals surface area contributed by atoms with Gasteiger partial charge in [0.05, 0.1) is 11.6 Å². The summed E-state index contributed by atoms with van der Waals surface area (Å²) in [6, 6.07) is 6.91. The molecular formula is C21H16ClFN4O4S. The van der Waals surface area contributed by atoms with Crippen LogP contribution in [-0.2, 0) is 13.1 Å². The van der Waals surface area contributed by atoms with Crippen molar-refractivity contribution in [3.05, 3.63) is 106 Å². The van der Waals surface area contributed by atoms with Crippen molar-refractivity contribution in [2.24, 2.45) is 0 Å². The van der Waals surface area contributed by atoms with Crippen LogP contribution >= 0.6 is 22.9 Å². The first-order valence-electron chi connectivity index (χ1n) is 9.40. The van der Waals surface area contributed by atoms with E-state index < -0.39 is 23.0 Å². The second kappa shape index (κ2) is 8.56. The fraction of sp³-hybridized carbons (Fsp3) is 0.143. The molecule has 0 saturated carbocycles. The zero-order valence-electron chi connectivity index (χ0n) is 16.6. The maximum Gasteiger partial charge on any atom is 0.336 e. The van der Waals surface area contributed by atoms with Crippen LogP contribution in [0.1, 0.15) is 26.4 Å². The number of nitrogens with one attached hydrogen (secondary N) is 2. The molecule has 0 aliphatic heterocycles. The van der Waals surface area contributed by atoms with Crippen LogP contribution in [0.4, 0.5) is 4.39 Å². The van der Waals surface area contributed by atoms with Crippen LogP contribution in [0.5, 0.6) is 0 Å². The highest BCUT2D eigenvalue weighted by molar-refractivity contribution is 7.19. The molecule has 4 rings (SSSR count). The van der Waals surface area contributed by atoms with Crippen LogP contribution in [0.3, 0.4) is 0 Å². The fourth-order valence-corrected chi connectivity index (χ4v) is 4.36. The molecule has 164 valence electrons. The van der Waals surface area contributed by atoms with Crippen molar-refractivity contribution in [2.45, 2.75) is 20.0 Å². The average Bonchev–Trinajstić information content (AvgIpc) is 3.23. The van der Waals surface area contributed by atoms with Gasteiger partial charge in [0, 0.05) is 30.6 Å². The van der Waals surface area contributed by atoms with Gasteiger partial charge in [-0.15, -0.1) is 11.3 Å². The third-order valence-electron chi connectivity index (χ3n) is 4.85. The van der Waals surface area contributed by atoms with Crippen LogP contribution in [0.15, 0.2) is 57.1 Å². The molecule has 32 heavy (non-hydrogen) atoms. The zero-order valence-corrected chi connectivity index (χ0v) is 18.2. The van der Waals surface area contributed by atoms with Gasteiger partial charge in [-0.05, 0) is 30.2 Å². The topological polar surface area (TPSA) is 105 Å². The van der Waals surface area contributed by atoms with Crippen LogP contribution in [0.2, 0.25) is 5.02 Å². The number of benzene rings is 1. The number of fused-ring (bicyclic) bond motifs is 1. The van der Waals surface area contributed by atoms with Crippen LogP contribution < -0.4 is 22.1 Å². The molecule has 1 aromatic carbocycles. The Morgan fingerprint density at radius 3 is 2.62 bits per heavy atom. The van der Waals surface area contributed by atoms with E-state index in [0.717, 1.165) is 15.9 Å². The largest absolute Gasteiger partial charge is 0.347 e. The Balaban J connectivity index is 1.66. The van der Waals surface area contributed by atoms with E-state index in [4.69, 9.17) is 11.6 Å². The van der Waals surface area contributed by atoms with E-state index >= 15 is 0 Å². The third-order valence-corrected chi connectivity index (χ3v) is 6.34. The molecule has 0 saturated heterocycles. The number of rotatable bonds is 5. The Morgan fingerprint density at radius 1 is 1.19 bits per heavy atom. The highest BCUT2D eigenvalue weighted by atomic mass is 35.5. The minimum Gasteiger partial charge on any atom is -0.347 e. The Labute approximate surface area is 188 Å². The van der Waals surface area contributed by atoms with Crippen molar-refractivity contribution in [1.82, 2.24) is 19.3 Å². The van der Waals surface area contributed by atoms with Gasteiger partial charge in [-0.25, -0.2) is 9.18 Å². The lowest BCUT2D eigenvalue weighted by molar-refractivity contribution is 0.0954. The maximum atomic E-state index is 13.4. The monoisotopic (exact) mass is 474 g/mol. The van der Waals surface area contributed by atoms with Gasteiger partial charge in [-0.1, -0.05) is 23.7 Å². The average molecular weight is 475 g/mol. The Kier molecular flexibility index (Phi) is 5.81. The summed E-state index contributed by atoms with van der Waals surface area (Å²) in [7, 11) is 0. The number of carbonyl (C=O) groups excluding carboxylic acids is 1. The number of aromatic amines is 1. The molecular weight excluding hydrogens is 459 g/mol.